The van der Waals surface area contributed by atoms with Gasteiger partial charge in [0.25, 0.3) is 11.6 Å². The number of phenols is 1. The zero-order valence-corrected chi connectivity index (χ0v) is 11.6. The predicted octanol–water partition coefficient (Wildman–Crippen LogP) is 3.17. The first-order valence-corrected chi connectivity index (χ1v) is 6.24. The van der Waals surface area contributed by atoms with Gasteiger partial charge in [-0.25, -0.2) is 0 Å². The summed E-state index contributed by atoms with van der Waals surface area (Å²) in [5.74, 6) is -0.390. The second-order valence-electron chi connectivity index (χ2n) is 4.72. The summed E-state index contributed by atoms with van der Waals surface area (Å²) in [6, 6.07) is 8.97. The van der Waals surface area contributed by atoms with Crippen LogP contribution in [-0.2, 0) is 0 Å². The van der Waals surface area contributed by atoms with Crippen LogP contribution in [0.2, 0.25) is 0 Å². The fourth-order valence-electron chi connectivity index (χ4n) is 1.95. The van der Waals surface area contributed by atoms with Gasteiger partial charge in [-0.3, -0.25) is 14.9 Å². The number of amides is 1. The SMILES string of the molecule is Cc1cc(C(=O)Nc2cccc(O)c2C)cc([N+](=O)[O-])c1. The quantitative estimate of drug-likeness (QED) is 0.669. The van der Waals surface area contributed by atoms with E-state index in [1.54, 1.807) is 32.0 Å². The largest absolute Gasteiger partial charge is 0.508 e. The second-order valence-corrected chi connectivity index (χ2v) is 4.72. The number of benzene rings is 2. The Hall–Kier alpha value is -2.89. The first-order chi connectivity index (χ1) is 9.88. The molecule has 108 valence electrons. The van der Waals surface area contributed by atoms with Crippen molar-refractivity contribution in [2.45, 2.75) is 13.8 Å². The van der Waals surface area contributed by atoms with E-state index in [1.807, 2.05) is 0 Å². The maximum absolute atomic E-state index is 12.2. The van der Waals surface area contributed by atoms with Crippen molar-refractivity contribution in [3.05, 3.63) is 63.2 Å². The average molecular weight is 286 g/mol. The van der Waals surface area contributed by atoms with E-state index in [0.717, 1.165) is 0 Å². The third-order valence-electron chi connectivity index (χ3n) is 3.09. The lowest BCUT2D eigenvalue weighted by atomic mass is 10.1. The molecule has 2 aromatic carbocycles. The zero-order valence-electron chi connectivity index (χ0n) is 11.6. The average Bonchev–Trinajstić information content (AvgIpc) is 2.43. The molecule has 0 unspecified atom stereocenters. The van der Waals surface area contributed by atoms with Gasteiger partial charge < -0.3 is 10.4 Å². The number of hydrogen-bond donors (Lipinski definition) is 2. The molecule has 0 heterocycles. The number of rotatable bonds is 3. The molecule has 21 heavy (non-hydrogen) atoms. The summed E-state index contributed by atoms with van der Waals surface area (Å²) >= 11 is 0. The number of carbonyl (C=O) groups excluding carboxylic acids is 1. The molecule has 0 radical (unpaired) electrons. The van der Waals surface area contributed by atoms with Crippen LogP contribution in [0.25, 0.3) is 0 Å². The molecule has 1 amide bonds. The molecule has 6 heteroatoms. The Labute approximate surface area is 121 Å². The van der Waals surface area contributed by atoms with Gasteiger partial charge in [-0.05, 0) is 37.6 Å². The Morgan fingerprint density at radius 1 is 1.24 bits per heavy atom. The minimum Gasteiger partial charge on any atom is -0.508 e. The summed E-state index contributed by atoms with van der Waals surface area (Å²) in [6.07, 6.45) is 0. The summed E-state index contributed by atoms with van der Waals surface area (Å²) in [5, 5.41) is 23.1. The van der Waals surface area contributed by atoms with Crippen molar-refractivity contribution in [3.63, 3.8) is 0 Å². The molecule has 0 bridgehead atoms. The molecular formula is C15H14N2O4. The normalized spacial score (nSPS) is 10.2. The molecule has 0 spiro atoms. The van der Waals surface area contributed by atoms with Gasteiger partial charge in [-0.1, -0.05) is 6.07 Å². The Balaban J connectivity index is 2.32. The molecule has 0 fully saturated rings. The lowest BCUT2D eigenvalue weighted by molar-refractivity contribution is -0.384. The van der Waals surface area contributed by atoms with Crippen molar-refractivity contribution in [1.82, 2.24) is 0 Å². The van der Waals surface area contributed by atoms with E-state index in [0.29, 0.717) is 16.8 Å². The molecule has 2 N–H and O–H groups in total. The lowest BCUT2D eigenvalue weighted by Gasteiger charge is -2.10. The van der Waals surface area contributed by atoms with E-state index >= 15 is 0 Å². The molecule has 0 atom stereocenters. The molecule has 2 aromatic rings. The molecule has 0 saturated carbocycles. The summed E-state index contributed by atoms with van der Waals surface area (Å²) in [4.78, 5) is 22.5. The number of phenolic OH excluding ortho intramolecular Hbond substituents is 1. The standard InChI is InChI=1S/C15H14N2O4/c1-9-6-11(8-12(7-9)17(20)21)15(19)16-13-4-3-5-14(18)10(13)2/h3-8,18H,1-2H3,(H,16,19). The van der Waals surface area contributed by atoms with Crippen LogP contribution in [0, 0.1) is 24.0 Å². The number of nitrogens with one attached hydrogen (secondary N) is 1. The maximum atomic E-state index is 12.2. The molecule has 0 aromatic heterocycles. The first kappa shape index (κ1) is 14.5. The van der Waals surface area contributed by atoms with Crippen molar-refractivity contribution in [1.29, 1.82) is 0 Å². The third kappa shape index (κ3) is 3.17. The highest BCUT2D eigenvalue weighted by Crippen LogP contribution is 2.25. The fourth-order valence-corrected chi connectivity index (χ4v) is 1.95. The number of aromatic hydroxyl groups is 1. The molecule has 0 aliphatic heterocycles. The van der Waals surface area contributed by atoms with Gasteiger partial charge in [-0.15, -0.1) is 0 Å². The van der Waals surface area contributed by atoms with Gasteiger partial charge in [0.2, 0.25) is 0 Å². The second kappa shape index (κ2) is 5.62. The minimum absolute atomic E-state index is 0.0722. The Kier molecular flexibility index (Phi) is 3.89. The summed E-state index contributed by atoms with van der Waals surface area (Å²) < 4.78 is 0. The first-order valence-electron chi connectivity index (χ1n) is 6.24. The van der Waals surface area contributed by atoms with Crippen LogP contribution in [0.3, 0.4) is 0 Å². The highest BCUT2D eigenvalue weighted by Gasteiger charge is 2.14. The Bertz CT molecular complexity index is 726. The smallest absolute Gasteiger partial charge is 0.270 e. The van der Waals surface area contributed by atoms with E-state index in [1.165, 1.54) is 18.2 Å². The lowest BCUT2D eigenvalue weighted by Crippen LogP contribution is -2.13. The van der Waals surface area contributed by atoms with Crippen LogP contribution in [0.1, 0.15) is 21.5 Å². The van der Waals surface area contributed by atoms with Gasteiger partial charge in [0.05, 0.1) is 4.92 Å². The number of nitrogens with zero attached hydrogens (tertiary/aromatic N) is 1. The number of anilines is 1. The molecule has 6 nitrogen and oxygen atoms in total. The van der Waals surface area contributed by atoms with E-state index < -0.39 is 10.8 Å². The van der Waals surface area contributed by atoms with E-state index in [2.05, 4.69) is 5.32 Å². The van der Waals surface area contributed by atoms with Crippen molar-refractivity contribution >= 4 is 17.3 Å². The Morgan fingerprint density at radius 3 is 2.62 bits per heavy atom. The van der Waals surface area contributed by atoms with E-state index in [-0.39, 0.29) is 17.0 Å². The van der Waals surface area contributed by atoms with Crippen LogP contribution >= 0.6 is 0 Å². The Morgan fingerprint density at radius 2 is 1.95 bits per heavy atom. The van der Waals surface area contributed by atoms with Crippen LogP contribution in [-0.4, -0.2) is 15.9 Å². The van der Waals surface area contributed by atoms with Gasteiger partial charge in [0.15, 0.2) is 0 Å². The zero-order chi connectivity index (χ0) is 15.6. The highest BCUT2D eigenvalue weighted by molar-refractivity contribution is 6.05. The van der Waals surface area contributed by atoms with Crippen LogP contribution in [0.5, 0.6) is 5.75 Å². The predicted molar refractivity (Wildman–Crippen MR) is 78.6 cm³/mol. The fraction of sp³-hybridized carbons (Fsp3) is 0.133. The maximum Gasteiger partial charge on any atom is 0.270 e. The number of nitro benzene ring substituents is 1. The molecular weight excluding hydrogens is 272 g/mol. The number of hydrogen-bond acceptors (Lipinski definition) is 4. The van der Waals surface area contributed by atoms with Crippen molar-refractivity contribution in [3.8, 4) is 5.75 Å². The summed E-state index contributed by atoms with van der Waals surface area (Å²) in [6.45, 7) is 3.35. The van der Waals surface area contributed by atoms with Gasteiger partial charge in [0.1, 0.15) is 5.75 Å². The van der Waals surface area contributed by atoms with E-state index in [9.17, 15) is 20.0 Å². The molecule has 0 saturated heterocycles. The van der Waals surface area contributed by atoms with Gasteiger partial charge in [-0.2, -0.15) is 0 Å². The third-order valence-corrected chi connectivity index (χ3v) is 3.09. The number of carbonyl (C=O) groups is 1. The molecule has 2 rings (SSSR count). The van der Waals surface area contributed by atoms with E-state index in [4.69, 9.17) is 0 Å². The van der Waals surface area contributed by atoms with Crippen LogP contribution in [0.15, 0.2) is 36.4 Å². The number of aryl methyl sites for hydroxylation is 1. The topological polar surface area (TPSA) is 92.5 Å². The highest BCUT2D eigenvalue weighted by atomic mass is 16.6. The molecule has 0 aliphatic carbocycles. The van der Waals surface area contributed by atoms with Crippen molar-refractivity contribution in [2.24, 2.45) is 0 Å². The van der Waals surface area contributed by atoms with Crippen LogP contribution in [0.4, 0.5) is 11.4 Å². The monoisotopic (exact) mass is 286 g/mol. The minimum atomic E-state index is -0.538. The molecule has 0 aliphatic rings. The van der Waals surface area contributed by atoms with Gasteiger partial charge >= 0.3 is 0 Å². The van der Waals surface area contributed by atoms with Crippen LogP contribution < -0.4 is 5.32 Å². The number of nitro groups is 1. The summed E-state index contributed by atoms with van der Waals surface area (Å²) in [5.41, 5.74) is 1.69. The van der Waals surface area contributed by atoms with Crippen molar-refractivity contribution < 1.29 is 14.8 Å². The van der Waals surface area contributed by atoms with Crippen molar-refractivity contribution in [2.75, 3.05) is 5.32 Å². The summed E-state index contributed by atoms with van der Waals surface area (Å²) in [7, 11) is 0. The number of non-ortho nitro benzene ring substituents is 1. The van der Waals surface area contributed by atoms with Gasteiger partial charge in [0, 0.05) is 28.9 Å².